The first-order valence-corrected chi connectivity index (χ1v) is 9.13. The lowest BCUT2D eigenvalue weighted by Crippen LogP contribution is -2.35. The van der Waals surface area contributed by atoms with Crippen LogP contribution in [0.1, 0.15) is 5.82 Å². The molecule has 2 aromatic rings. The van der Waals surface area contributed by atoms with E-state index in [4.69, 9.17) is 16.3 Å². The number of halogens is 1. The third kappa shape index (κ3) is 2.83. The number of aryl methyl sites for hydroxylation is 1. The zero-order chi connectivity index (χ0) is 17.5. The zero-order valence-corrected chi connectivity index (χ0v) is 14.8. The van der Waals surface area contributed by atoms with Crippen molar-refractivity contribution < 1.29 is 13.2 Å². The number of methoxy groups -OCH3 is 1. The average molecular weight is 373 g/mol. The molecule has 8 nitrogen and oxygen atoms in total. The lowest BCUT2D eigenvalue weighted by atomic mass is 10.3. The molecule has 0 saturated heterocycles. The van der Waals surface area contributed by atoms with Gasteiger partial charge in [0.2, 0.25) is 10.0 Å². The average Bonchev–Trinajstić information content (AvgIpc) is 2.72. The van der Waals surface area contributed by atoms with Crippen LogP contribution in [0.5, 0.6) is 5.75 Å². The van der Waals surface area contributed by atoms with Gasteiger partial charge in [0, 0.05) is 33.1 Å². The molecule has 0 atom stereocenters. The number of sulfonamides is 1. The zero-order valence-electron chi connectivity index (χ0n) is 13.3. The molecule has 0 N–H and O–H groups in total. The molecule has 1 aromatic heterocycles. The Kier molecular flexibility index (Phi) is 4.41. The van der Waals surface area contributed by atoms with Crippen molar-refractivity contribution in [2.75, 3.05) is 20.2 Å². The first-order valence-electron chi connectivity index (χ1n) is 7.31. The Hall–Kier alpha value is -1.84. The van der Waals surface area contributed by atoms with Gasteiger partial charge in [0.05, 0.1) is 17.0 Å². The van der Waals surface area contributed by atoms with E-state index in [0.717, 1.165) is 0 Å². The van der Waals surface area contributed by atoms with Gasteiger partial charge in [-0.2, -0.15) is 9.40 Å². The summed E-state index contributed by atoms with van der Waals surface area (Å²) in [6.07, 6.45) is 0.374. The minimum atomic E-state index is -3.71. The highest BCUT2D eigenvalue weighted by Crippen LogP contribution is 2.28. The highest BCUT2D eigenvalue weighted by molar-refractivity contribution is 7.89. The highest BCUT2D eigenvalue weighted by atomic mass is 35.5. The van der Waals surface area contributed by atoms with Crippen LogP contribution in [0.25, 0.3) is 0 Å². The van der Waals surface area contributed by atoms with Crippen LogP contribution in [0, 0.1) is 0 Å². The van der Waals surface area contributed by atoms with Crippen LogP contribution in [0.15, 0.2) is 27.9 Å². The number of fused-ring (bicyclic) bond motifs is 1. The Morgan fingerprint density at radius 1 is 1.25 bits per heavy atom. The summed E-state index contributed by atoms with van der Waals surface area (Å²) in [4.78, 5) is 12.1. The molecule has 0 radical (unpaired) electrons. The number of aromatic nitrogens is 3. The molecule has 130 valence electrons. The van der Waals surface area contributed by atoms with Gasteiger partial charge in [0.1, 0.15) is 11.6 Å². The van der Waals surface area contributed by atoms with Gasteiger partial charge in [0.25, 0.3) is 0 Å². The molecule has 3 rings (SSSR count). The van der Waals surface area contributed by atoms with E-state index in [9.17, 15) is 13.2 Å². The molecule has 0 bridgehead atoms. The van der Waals surface area contributed by atoms with Gasteiger partial charge < -0.3 is 4.74 Å². The molecule has 10 heteroatoms. The van der Waals surface area contributed by atoms with Gasteiger partial charge in [-0.05, 0) is 18.2 Å². The lowest BCUT2D eigenvalue weighted by molar-refractivity contribution is 0.409. The molecule has 1 aliphatic heterocycles. The summed E-state index contributed by atoms with van der Waals surface area (Å²) < 4.78 is 34.8. The minimum Gasteiger partial charge on any atom is -0.495 e. The van der Waals surface area contributed by atoms with Crippen LogP contribution in [-0.4, -0.2) is 47.3 Å². The minimum absolute atomic E-state index is 0.0979. The van der Waals surface area contributed by atoms with E-state index in [0.29, 0.717) is 18.0 Å². The first-order chi connectivity index (χ1) is 11.3. The molecule has 0 unspecified atom stereocenters. The second-order valence-corrected chi connectivity index (χ2v) is 7.77. The number of rotatable bonds is 3. The summed E-state index contributed by atoms with van der Waals surface area (Å²) in [5.74, 6) is 1.00. The summed E-state index contributed by atoms with van der Waals surface area (Å²) in [5, 5.41) is 4.38. The summed E-state index contributed by atoms with van der Waals surface area (Å²) in [7, 11) is -0.662. The fourth-order valence-electron chi connectivity index (χ4n) is 2.71. The second-order valence-electron chi connectivity index (χ2n) is 5.42. The van der Waals surface area contributed by atoms with Crippen molar-refractivity contribution in [3.05, 3.63) is 39.5 Å². The monoisotopic (exact) mass is 372 g/mol. The normalized spacial score (nSPS) is 15.8. The van der Waals surface area contributed by atoms with Crippen LogP contribution >= 0.6 is 11.6 Å². The van der Waals surface area contributed by atoms with E-state index < -0.39 is 10.0 Å². The summed E-state index contributed by atoms with van der Waals surface area (Å²) >= 11 is 6.03. The van der Waals surface area contributed by atoms with Crippen LogP contribution in [0.3, 0.4) is 0 Å². The third-order valence-corrected chi connectivity index (χ3v) is 6.19. The SMILES string of the molecule is COc1ccc(S(=O)(=O)N2CCc3nn(C)c(=O)n3CC2)cc1Cl. The molecular formula is C14H17ClN4O4S. The standard InChI is InChI=1S/C14H17ClN4O4S/c1-17-14(20)19-8-7-18(6-5-13(19)16-17)24(21,22)10-3-4-12(23-2)11(15)9-10/h3-4,9H,5-8H2,1-2H3. The topological polar surface area (TPSA) is 86.4 Å². The largest absolute Gasteiger partial charge is 0.495 e. The summed E-state index contributed by atoms with van der Waals surface area (Å²) in [5.41, 5.74) is -0.239. The van der Waals surface area contributed by atoms with Gasteiger partial charge in [-0.15, -0.1) is 0 Å². The predicted molar refractivity (Wildman–Crippen MR) is 87.9 cm³/mol. The van der Waals surface area contributed by atoms with E-state index in [-0.39, 0.29) is 35.2 Å². The van der Waals surface area contributed by atoms with E-state index >= 15 is 0 Å². The van der Waals surface area contributed by atoms with Crippen LogP contribution in [0.4, 0.5) is 0 Å². The maximum atomic E-state index is 12.8. The fraction of sp³-hybridized carbons (Fsp3) is 0.429. The quantitative estimate of drug-likeness (QED) is 0.782. The first kappa shape index (κ1) is 17.0. The van der Waals surface area contributed by atoms with Gasteiger partial charge in [-0.25, -0.2) is 17.9 Å². The van der Waals surface area contributed by atoms with E-state index in [1.807, 2.05) is 0 Å². The molecule has 24 heavy (non-hydrogen) atoms. The highest BCUT2D eigenvalue weighted by Gasteiger charge is 2.28. The van der Waals surface area contributed by atoms with Crippen molar-refractivity contribution in [3.63, 3.8) is 0 Å². The van der Waals surface area contributed by atoms with Crippen molar-refractivity contribution in [1.29, 1.82) is 0 Å². The molecule has 1 aromatic carbocycles. The molecular weight excluding hydrogens is 356 g/mol. The van der Waals surface area contributed by atoms with Crippen molar-refractivity contribution in [3.8, 4) is 5.75 Å². The molecule has 1 aliphatic rings. The maximum absolute atomic E-state index is 12.8. The molecule has 0 spiro atoms. The van der Waals surface area contributed by atoms with Gasteiger partial charge in [0.15, 0.2) is 0 Å². The van der Waals surface area contributed by atoms with Gasteiger partial charge >= 0.3 is 5.69 Å². The second kappa shape index (κ2) is 6.23. The van der Waals surface area contributed by atoms with E-state index in [1.165, 1.54) is 38.9 Å². The molecule has 0 saturated carbocycles. The van der Waals surface area contributed by atoms with E-state index in [1.54, 1.807) is 7.05 Å². The Morgan fingerprint density at radius 3 is 2.67 bits per heavy atom. The van der Waals surface area contributed by atoms with Crippen LogP contribution in [-0.2, 0) is 30.0 Å². The van der Waals surface area contributed by atoms with Crippen molar-refractivity contribution in [2.24, 2.45) is 7.05 Å². The van der Waals surface area contributed by atoms with Crippen molar-refractivity contribution in [2.45, 2.75) is 17.9 Å². The molecule has 0 fully saturated rings. The molecule has 2 heterocycles. The lowest BCUT2D eigenvalue weighted by Gasteiger charge is -2.20. The smallest absolute Gasteiger partial charge is 0.345 e. The predicted octanol–water partition coefficient (Wildman–Crippen LogP) is 0.491. The number of benzene rings is 1. The van der Waals surface area contributed by atoms with Gasteiger partial charge in [-0.3, -0.25) is 4.57 Å². The van der Waals surface area contributed by atoms with Crippen molar-refractivity contribution in [1.82, 2.24) is 18.7 Å². The maximum Gasteiger partial charge on any atom is 0.345 e. The van der Waals surface area contributed by atoms with Gasteiger partial charge in [-0.1, -0.05) is 11.6 Å². The van der Waals surface area contributed by atoms with Crippen molar-refractivity contribution >= 4 is 21.6 Å². The van der Waals surface area contributed by atoms with E-state index in [2.05, 4.69) is 5.10 Å². The molecule has 0 aliphatic carbocycles. The molecule has 0 amide bonds. The Labute approximate surface area is 144 Å². The third-order valence-electron chi connectivity index (χ3n) is 4.00. The number of nitrogens with zero attached hydrogens (tertiary/aromatic N) is 4. The van der Waals surface area contributed by atoms with Crippen LogP contribution in [0.2, 0.25) is 5.02 Å². The Balaban J connectivity index is 1.89. The number of hydrogen-bond donors (Lipinski definition) is 0. The summed E-state index contributed by atoms with van der Waals surface area (Å²) in [6, 6.07) is 4.36. The Morgan fingerprint density at radius 2 is 2.00 bits per heavy atom. The number of hydrogen-bond acceptors (Lipinski definition) is 5. The Bertz CT molecular complexity index is 935. The number of ether oxygens (including phenoxy) is 1. The van der Waals surface area contributed by atoms with Crippen LogP contribution < -0.4 is 10.4 Å². The fourth-order valence-corrected chi connectivity index (χ4v) is 4.49. The summed E-state index contributed by atoms with van der Waals surface area (Å²) in [6.45, 7) is 0.720.